The Bertz CT molecular complexity index is 1030. The van der Waals surface area contributed by atoms with Gasteiger partial charge >= 0.3 is 0 Å². The van der Waals surface area contributed by atoms with E-state index in [4.69, 9.17) is 0 Å². The molecule has 4 aliphatic rings. The summed E-state index contributed by atoms with van der Waals surface area (Å²) in [7, 11) is 0. The molecule has 4 fully saturated rings. The maximum absolute atomic E-state index is 14.7. The Balaban J connectivity index is 1.22. The van der Waals surface area contributed by atoms with E-state index < -0.39 is 11.9 Å². The van der Waals surface area contributed by atoms with Gasteiger partial charge in [-0.15, -0.1) is 0 Å². The fraction of sp³-hybridized carbons (Fsp3) is 0.600. The molecular formula is C25H32FN5O4. The molecule has 5 rings (SSSR count). The number of rotatable bonds is 4. The van der Waals surface area contributed by atoms with Gasteiger partial charge in [-0.05, 0) is 49.3 Å². The zero-order valence-corrected chi connectivity index (χ0v) is 19.7. The molecule has 0 spiro atoms. The van der Waals surface area contributed by atoms with Crippen LogP contribution in [0, 0.1) is 17.7 Å². The molecule has 3 heterocycles. The second-order valence-electron chi connectivity index (χ2n) is 10.1. The molecule has 0 bridgehead atoms. The Morgan fingerprint density at radius 3 is 2.49 bits per heavy atom. The predicted octanol–water partition coefficient (Wildman–Crippen LogP) is 0.741. The van der Waals surface area contributed by atoms with Crippen molar-refractivity contribution in [3.05, 3.63) is 35.1 Å². The predicted molar refractivity (Wildman–Crippen MR) is 124 cm³/mol. The molecule has 4 amide bonds. The highest BCUT2D eigenvalue weighted by atomic mass is 19.1. The number of hydrogen-bond acceptors (Lipinski definition) is 5. The Morgan fingerprint density at radius 2 is 1.74 bits per heavy atom. The Morgan fingerprint density at radius 1 is 1.00 bits per heavy atom. The quantitative estimate of drug-likeness (QED) is 0.583. The zero-order valence-electron chi connectivity index (χ0n) is 19.7. The average Bonchev–Trinajstić information content (AvgIpc) is 3.32. The van der Waals surface area contributed by atoms with Crippen LogP contribution in [0.25, 0.3) is 0 Å². The molecule has 10 heteroatoms. The summed E-state index contributed by atoms with van der Waals surface area (Å²) in [5.74, 6) is -0.891. The van der Waals surface area contributed by atoms with Gasteiger partial charge in [0, 0.05) is 44.6 Å². The summed E-state index contributed by atoms with van der Waals surface area (Å²) in [4.78, 5) is 52.7. The first-order chi connectivity index (χ1) is 16.9. The van der Waals surface area contributed by atoms with Gasteiger partial charge in [0.15, 0.2) is 0 Å². The Labute approximate surface area is 203 Å². The number of carbonyl (C=O) groups is 4. The van der Waals surface area contributed by atoms with Crippen LogP contribution in [0.2, 0.25) is 0 Å². The monoisotopic (exact) mass is 485 g/mol. The number of benzene rings is 1. The van der Waals surface area contributed by atoms with Crippen LogP contribution < -0.4 is 16.2 Å². The lowest BCUT2D eigenvalue weighted by Crippen LogP contribution is -2.60. The van der Waals surface area contributed by atoms with Crippen molar-refractivity contribution in [3.8, 4) is 0 Å². The second-order valence-corrected chi connectivity index (χ2v) is 10.1. The molecule has 1 aromatic rings. The van der Waals surface area contributed by atoms with Crippen LogP contribution in [0.4, 0.5) is 4.39 Å². The lowest BCUT2D eigenvalue weighted by atomic mass is 9.72. The van der Waals surface area contributed by atoms with Gasteiger partial charge in [0.25, 0.3) is 5.91 Å². The number of hydrogen-bond donors (Lipinski definition) is 3. The molecule has 1 saturated carbocycles. The van der Waals surface area contributed by atoms with Crippen molar-refractivity contribution in [1.29, 1.82) is 0 Å². The summed E-state index contributed by atoms with van der Waals surface area (Å²) in [6, 6.07) is 4.22. The van der Waals surface area contributed by atoms with Gasteiger partial charge in [-0.25, -0.2) is 9.82 Å². The van der Waals surface area contributed by atoms with Crippen molar-refractivity contribution >= 4 is 23.6 Å². The third-order valence-corrected chi connectivity index (χ3v) is 7.94. The van der Waals surface area contributed by atoms with Crippen molar-refractivity contribution in [3.63, 3.8) is 0 Å². The standard InChI is InChI=1S/C25H32FN5O4/c26-19-6-5-15(14-21-16-3-1-2-4-17(16)23(33)29-28-21)13-18(19)24(34)30-9-11-31(12-10-30)25(35)20-7-8-22(32)27-20/h5-6,13,16-17,20-21,28H,1-4,7-12,14H2,(H,27,32)(H,29,33). The van der Waals surface area contributed by atoms with Crippen molar-refractivity contribution in [2.75, 3.05) is 26.2 Å². The maximum Gasteiger partial charge on any atom is 0.256 e. The third-order valence-electron chi connectivity index (χ3n) is 7.94. The van der Waals surface area contributed by atoms with E-state index in [0.29, 0.717) is 45.4 Å². The minimum absolute atomic E-state index is 0.00751. The van der Waals surface area contributed by atoms with Crippen molar-refractivity contribution < 1.29 is 23.6 Å². The minimum Gasteiger partial charge on any atom is -0.344 e. The summed E-state index contributed by atoms with van der Waals surface area (Å²) in [5.41, 5.74) is 6.81. The van der Waals surface area contributed by atoms with Crippen LogP contribution in [0.1, 0.15) is 54.4 Å². The van der Waals surface area contributed by atoms with E-state index in [0.717, 1.165) is 31.2 Å². The van der Waals surface area contributed by atoms with Crippen LogP contribution in [-0.2, 0) is 20.8 Å². The molecule has 3 aliphatic heterocycles. The van der Waals surface area contributed by atoms with E-state index in [1.54, 1.807) is 21.9 Å². The van der Waals surface area contributed by atoms with Crippen LogP contribution in [0.5, 0.6) is 0 Å². The third kappa shape index (κ3) is 4.89. The van der Waals surface area contributed by atoms with Crippen LogP contribution in [-0.4, -0.2) is 71.7 Å². The fourth-order valence-corrected chi connectivity index (χ4v) is 5.97. The van der Waals surface area contributed by atoms with Crippen LogP contribution in [0.3, 0.4) is 0 Å². The number of carbonyl (C=O) groups excluding carboxylic acids is 4. The molecule has 35 heavy (non-hydrogen) atoms. The van der Waals surface area contributed by atoms with Gasteiger partial charge in [-0.2, -0.15) is 0 Å². The van der Waals surface area contributed by atoms with Crippen LogP contribution in [0.15, 0.2) is 18.2 Å². The van der Waals surface area contributed by atoms with Crippen molar-refractivity contribution in [2.24, 2.45) is 11.8 Å². The number of nitrogens with one attached hydrogen (secondary N) is 3. The zero-order chi connectivity index (χ0) is 24.5. The molecule has 0 radical (unpaired) electrons. The normalized spacial score (nSPS) is 28.8. The largest absolute Gasteiger partial charge is 0.344 e. The highest BCUT2D eigenvalue weighted by molar-refractivity contribution is 5.95. The first-order valence-corrected chi connectivity index (χ1v) is 12.6. The molecule has 1 aliphatic carbocycles. The summed E-state index contributed by atoms with van der Waals surface area (Å²) < 4.78 is 14.7. The lowest BCUT2D eigenvalue weighted by Gasteiger charge is -2.41. The van der Waals surface area contributed by atoms with Gasteiger partial charge < -0.3 is 15.1 Å². The fourth-order valence-electron chi connectivity index (χ4n) is 5.97. The highest BCUT2D eigenvalue weighted by Crippen LogP contribution is 2.35. The molecule has 188 valence electrons. The smallest absolute Gasteiger partial charge is 0.256 e. The number of piperazine rings is 1. The van der Waals surface area contributed by atoms with Crippen LogP contribution >= 0.6 is 0 Å². The molecule has 4 unspecified atom stereocenters. The van der Waals surface area contributed by atoms with E-state index in [9.17, 15) is 23.6 Å². The SMILES string of the molecule is O=C1CCC(C(=O)N2CCN(C(=O)c3cc(CC4NNC(=O)C5CCCCC45)ccc3F)CC2)N1. The first kappa shape index (κ1) is 23.7. The molecule has 1 aromatic carbocycles. The molecule has 3 saturated heterocycles. The number of nitrogens with zero attached hydrogens (tertiary/aromatic N) is 2. The van der Waals surface area contributed by atoms with Gasteiger partial charge in [-0.1, -0.05) is 18.9 Å². The maximum atomic E-state index is 14.7. The molecule has 9 nitrogen and oxygen atoms in total. The summed E-state index contributed by atoms with van der Waals surface area (Å²) >= 11 is 0. The topological polar surface area (TPSA) is 111 Å². The summed E-state index contributed by atoms with van der Waals surface area (Å²) in [6.45, 7) is 1.34. The first-order valence-electron chi connectivity index (χ1n) is 12.6. The van der Waals surface area contributed by atoms with Crippen molar-refractivity contribution in [1.82, 2.24) is 26.0 Å². The highest BCUT2D eigenvalue weighted by Gasteiger charge is 2.40. The number of halogens is 1. The van der Waals surface area contributed by atoms with E-state index >= 15 is 0 Å². The van der Waals surface area contributed by atoms with Gasteiger partial charge in [0.2, 0.25) is 17.7 Å². The van der Waals surface area contributed by atoms with E-state index in [1.807, 2.05) is 0 Å². The Hall–Kier alpha value is -3.01. The molecule has 0 aromatic heterocycles. The summed E-state index contributed by atoms with van der Waals surface area (Å²) in [6.07, 6.45) is 5.48. The number of amides is 4. The van der Waals surface area contributed by atoms with E-state index in [2.05, 4.69) is 16.2 Å². The minimum atomic E-state index is -0.564. The number of hydrazine groups is 1. The van der Waals surface area contributed by atoms with Gasteiger partial charge in [0.1, 0.15) is 11.9 Å². The van der Waals surface area contributed by atoms with Gasteiger partial charge in [-0.3, -0.25) is 24.6 Å². The Kier molecular flexibility index (Phi) is 6.73. The lowest BCUT2D eigenvalue weighted by molar-refractivity contribution is -0.135. The molecule has 3 N–H and O–H groups in total. The second kappa shape index (κ2) is 9.93. The molecule has 4 atom stereocenters. The summed E-state index contributed by atoms with van der Waals surface area (Å²) in [5, 5.41) is 2.69. The van der Waals surface area contributed by atoms with E-state index in [1.165, 1.54) is 6.07 Å². The van der Waals surface area contributed by atoms with Crippen molar-refractivity contribution in [2.45, 2.75) is 57.0 Å². The molecular weight excluding hydrogens is 453 g/mol. The van der Waals surface area contributed by atoms with E-state index in [-0.39, 0.29) is 47.1 Å². The average molecular weight is 486 g/mol. The van der Waals surface area contributed by atoms with Gasteiger partial charge in [0.05, 0.1) is 5.56 Å². The number of fused-ring (bicyclic) bond motifs is 1.